The van der Waals surface area contributed by atoms with Gasteiger partial charge in [-0.25, -0.2) is 0 Å². The number of hydrogen-bond donors (Lipinski definition) is 1. The first kappa shape index (κ1) is 16.6. The van der Waals surface area contributed by atoms with Crippen molar-refractivity contribution in [1.82, 2.24) is 4.98 Å². The number of halogens is 2. The van der Waals surface area contributed by atoms with Gasteiger partial charge in [-0.15, -0.1) is 0 Å². The first-order valence-corrected chi connectivity index (χ1v) is 9.68. The SMILES string of the molecule is BrCCCCCCBr.c1ccc2c(c1)[nH]c1ccccc12. The smallest absolute Gasteiger partial charge is 0.0464 e. The van der Waals surface area contributed by atoms with Crippen LogP contribution in [0.2, 0.25) is 0 Å². The molecule has 0 bridgehead atoms. The summed E-state index contributed by atoms with van der Waals surface area (Å²) < 4.78 is 0. The van der Waals surface area contributed by atoms with E-state index >= 15 is 0 Å². The summed E-state index contributed by atoms with van der Waals surface area (Å²) in [5, 5.41) is 4.93. The van der Waals surface area contributed by atoms with Gasteiger partial charge in [0, 0.05) is 32.5 Å². The lowest BCUT2D eigenvalue weighted by atomic mass is 10.2. The van der Waals surface area contributed by atoms with Crippen molar-refractivity contribution in [2.45, 2.75) is 25.7 Å². The highest BCUT2D eigenvalue weighted by molar-refractivity contribution is 9.09. The van der Waals surface area contributed by atoms with E-state index in [1.165, 1.54) is 47.5 Å². The molecule has 0 aliphatic heterocycles. The van der Waals surface area contributed by atoms with Crippen LogP contribution in [0.25, 0.3) is 21.8 Å². The summed E-state index contributed by atoms with van der Waals surface area (Å²) in [7, 11) is 0. The Hall–Kier alpha value is -0.800. The number of fused-ring (bicyclic) bond motifs is 3. The van der Waals surface area contributed by atoms with Gasteiger partial charge in [-0.05, 0) is 25.0 Å². The van der Waals surface area contributed by atoms with Gasteiger partial charge in [-0.2, -0.15) is 0 Å². The Balaban J connectivity index is 0.000000177. The maximum atomic E-state index is 3.39. The van der Waals surface area contributed by atoms with E-state index < -0.39 is 0 Å². The topological polar surface area (TPSA) is 15.8 Å². The van der Waals surface area contributed by atoms with Crippen LogP contribution in [0.15, 0.2) is 48.5 Å². The molecule has 1 heterocycles. The van der Waals surface area contributed by atoms with Gasteiger partial charge in [0.15, 0.2) is 0 Å². The summed E-state index contributed by atoms with van der Waals surface area (Å²) in [4.78, 5) is 3.38. The van der Waals surface area contributed by atoms with Gasteiger partial charge in [-0.1, -0.05) is 81.1 Å². The molecular weight excluding hydrogens is 390 g/mol. The van der Waals surface area contributed by atoms with Gasteiger partial charge in [0.05, 0.1) is 0 Å². The van der Waals surface area contributed by atoms with Crippen molar-refractivity contribution in [2.75, 3.05) is 10.7 Å². The number of rotatable bonds is 5. The van der Waals surface area contributed by atoms with Crippen LogP contribution in [-0.2, 0) is 0 Å². The van der Waals surface area contributed by atoms with Gasteiger partial charge in [-0.3, -0.25) is 0 Å². The molecule has 3 rings (SSSR count). The van der Waals surface area contributed by atoms with E-state index in [9.17, 15) is 0 Å². The molecule has 0 radical (unpaired) electrons. The number of H-pyrrole nitrogens is 1. The Morgan fingerprint density at radius 3 is 1.48 bits per heavy atom. The lowest BCUT2D eigenvalue weighted by Crippen LogP contribution is -1.78. The van der Waals surface area contributed by atoms with Crippen molar-refractivity contribution in [3.05, 3.63) is 48.5 Å². The molecule has 0 fully saturated rings. The summed E-state index contributed by atoms with van der Waals surface area (Å²) >= 11 is 6.78. The third-order valence-corrected chi connectivity index (χ3v) is 4.55. The lowest BCUT2D eigenvalue weighted by Gasteiger charge is -1.92. The molecule has 0 amide bonds. The zero-order valence-corrected chi connectivity index (χ0v) is 15.3. The average molecular weight is 411 g/mol. The second-order valence-electron chi connectivity index (χ2n) is 5.01. The maximum Gasteiger partial charge on any atom is 0.0464 e. The van der Waals surface area contributed by atoms with Crippen LogP contribution in [0.3, 0.4) is 0 Å². The molecule has 0 saturated carbocycles. The number of benzene rings is 2. The van der Waals surface area contributed by atoms with Crippen molar-refractivity contribution in [3.8, 4) is 0 Å². The van der Waals surface area contributed by atoms with Gasteiger partial charge >= 0.3 is 0 Å². The Morgan fingerprint density at radius 1 is 0.619 bits per heavy atom. The normalized spacial score (nSPS) is 10.6. The van der Waals surface area contributed by atoms with Crippen molar-refractivity contribution >= 4 is 53.7 Å². The number of nitrogens with one attached hydrogen (secondary N) is 1. The molecule has 3 heteroatoms. The van der Waals surface area contributed by atoms with Gasteiger partial charge < -0.3 is 4.98 Å². The molecule has 21 heavy (non-hydrogen) atoms. The maximum absolute atomic E-state index is 3.39. The number of para-hydroxylation sites is 2. The average Bonchev–Trinajstić information content (AvgIpc) is 2.91. The summed E-state index contributed by atoms with van der Waals surface area (Å²) in [6.07, 6.45) is 5.40. The van der Waals surface area contributed by atoms with Crippen molar-refractivity contribution in [1.29, 1.82) is 0 Å². The van der Waals surface area contributed by atoms with E-state index in [4.69, 9.17) is 0 Å². The minimum absolute atomic E-state index is 1.16. The van der Waals surface area contributed by atoms with Gasteiger partial charge in [0.25, 0.3) is 0 Å². The van der Waals surface area contributed by atoms with Crippen LogP contribution < -0.4 is 0 Å². The quantitative estimate of drug-likeness (QED) is 0.357. The molecule has 0 spiro atoms. The zero-order chi connectivity index (χ0) is 14.9. The molecule has 112 valence electrons. The first-order chi connectivity index (χ1) is 10.4. The molecule has 0 saturated heterocycles. The lowest BCUT2D eigenvalue weighted by molar-refractivity contribution is 0.715. The summed E-state index contributed by atoms with van der Waals surface area (Å²) in [6, 6.07) is 16.8. The fourth-order valence-corrected chi connectivity index (χ4v) is 3.13. The minimum Gasteiger partial charge on any atom is -0.355 e. The summed E-state index contributed by atoms with van der Waals surface area (Å²) in [5.41, 5.74) is 2.42. The fraction of sp³-hybridized carbons (Fsp3) is 0.333. The van der Waals surface area contributed by atoms with E-state index in [0.717, 1.165) is 10.7 Å². The molecule has 0 unspecified atom stereocenters. The second-order valence-corrected chi connectivity index (χ2v) is 6.59. The van der Waals surface area contributed by atoms with E-state index in [1.54, 1.807) is 0 Å². The van der Waals surface area contributed by atoms with Crippen LogP contribution in [0, 0.1) is 0 Å². The number of alkyl halides is 2. The number of unbranched alkanes of at least 4 members (excludes halogenated alkanes) is 3. The van der Waals surface area contributed by atoms with Crippen LogP contribution >= 0.6 is 31.9 Å². The van der Waals surface area contributed by atoms with E-state index in [1.807, 2.05) is 0 Å². The minimum atomic E-state index is 1.16. The second kappa shape index (κ2) is 9.26. The van der Waals surface area contributed by atoms with Crippen molar-refractivity contribution < 1.29 is 0 Å². The Labute approximate surface area is 143 Å². The molecule has 3 aromatic rings. The number of aromatic nitrogens is 1. The Kier molecular flexibility index (Phi) is 7.31. The first-order valence-electron chi connectivity index (χ1n) is 7.44. The monoisotopic (exact) mass is 409 g/mol. The van der Waals surface area contributed by atoms with Crippen LogP contribution in [0.5, 0.6) is 0 Å². The van der Waals surface area contributed by atoms with Crippen LogP contribution in [0.4, 0.5) is 0 Å². The standard InChI is InChI=1S/C12H9N.C6H12Br2/c1-3-7-11-9(5-1)10-6-2-4-8-12(10)13-11;7-5-3-1-2-4-6-8/h1-8,13H;1-6H2. The van der Waals surface area contributed by atoms with E-state index in [-0.39, 0.29) is 0 Å². The Bertz CT molecular complexity index is 604. The number of aromatic amines is 1. The molecule has 0 aliphatic rings. The van der Waals surface area contributed by atoms with Gasteiger partial charge in [0.1, 0.15) is 0 Å². The molecule has 0 aliphatic carbocycles. The largest absolute Gasteiger partial charge is 0.355 e. The van der Waals surface area contributed by atoms with Crippen molar-refractivity contribution in [2.24, 2.45) is 0 Å². The Morgan fingerprint density at radius 2 is 1.05 bits per heavy atom. The third kappa shape index (κ3) is 4.86. The number of hydrogen-bond acceptors (Lipinski definition) is 0. The van der Waals surface area contributed by atoms with Crippen molar-refractivity contribution in [3.63, 3.8) is 0 Å². The highest BCUT2D eigenvalue weighted by Crippen LogP contribution is 2.24. The molecule has 1 N–H and O–H groups in total. The third-order valence-electron chi connectivity index (χ3n) is 3.43. The van der Waals surface area contributed by atoms with Gasteiger partial charge in [0.2, 0.25) is 0 Å². The molecular formula is C18H21Br2N. The molecule has 0 atom stereocenters. The zero-order valence-electron chi connectivity index (χ0n) is 12.1. The fourth-order valence-electron chi connectivity index (χ4n) is 2.34. The summed E-state index contributed by atoms with van der Waals surface area (Å²) in [5.74, 6) is 0. The van der Waals surface area contributed by atoms with Crippen LogP contribution in [0.1, 0.15) is 25.7 Å². The molecule has 1 nitrogen and oxygen atoms in total. The predicted octanol–water partition coefficient (Wildman–Crippen LogP) is 6.66. The highest BCUT2D eigenvalue weighted by Gasteiger charge is 2.00. The molecule has 1 aromatic heterocycles. The van der Waals surface area contributed by atoms with E-state index in [0.29, 0.717) is 0 Å². The van der Waals surface area contributed by atoms with Crippen LogP contribution in [-0.4, -0.2) is 15.6 Å². The van der Waals surface area contributed by atoms with E-state index in [2.05, 4.69) is 85.4 Å². The molecule has 2 aromatic carbocycles. The highest BCUT2D eigenvalue weighted by atomic mass is 79.9. The predicted molar refractivity (Wildman–Crippen MR) is 102 cm³/mol. The summed E-state index contributed by atoms with van der Waals surface area (Å²) in [6.45, 7) is 0.